The van der Waals surface area contributed by atoms with E-state index in [1.165, 1.54) is 5.06 Å². The number of amides is 1. The summed E-state index contributed by atoms with van der Waals surface area (Å²) in [6.45, 7) is 6.21. The minimum absolute atomic E-state index is 0.218. The molecule has 0 saturated carbocycles. The summed E-state index contributed by atoms with van der Waals surface area (Å²) in [7, 11) is 0. The predicted molar refractivity (Wildman–Crippen MR) is 64.3 cm³/mol. The quantitative estimate of drug-likeness (QED) is 0.384. The molecule has 0 fully saturated rings. The lowest BCUT2D eigenvalue weighted by atomic mass is 10.1. The molecule has 17 heavy (non-hydrogen) atoms. The van der Waals surface area contributed by atoms with E-state index in [0.717, 1.165) is 19.3 Å². The number of hydroxylamine groups is 2. The van der Waals surface area contributed by atoms with Crippen LogP contribution in [0, 0.1) is 0 Å². The van der Waals surface area contributed by atoms with Crippen LogP contribution in [0.15, 0.2) is 0 Å². The number of hydrogen-bond acceptors (Lipinski definition) is 3. The number of hydrogen-bond donors (Lipinski definition) is 1. The van der Waals surface area contributed by atoms with Crippen molar-refractivity contribution in [2.24, 2.45) is 0 Å². The molecule has 1 N–H and O–H groups in total. The van der Waals surface area contributed by atoms with Crippen molar-refractivity contribution in [3.8, 4) is 0 Å². The minimum Gasteiger partial charge on any atom is -0.481 e. The summed E-state index contributed by atoms with van der Waals surface area (Å²) in [5.41, 5.74) is -0.371. The third-order valence-electron chi connectivity index (χ3n) is 2.03. The van der Waals surface area contributed by atoms with Crippen molar-refractivity contribution >= 4 is 12.4 Å². The molecule has 5 nitrogen and oxygen atoms in total. The van der Waals surface area contributed by atoms with Gasteiger partial charge in [0, 0.05) is 13.0 Å². The van der Waals surface area contributed by atoms with E-state index in [1.807, 2.05) is 20.8 Å². The molecule has 0 atom stereocenters. The Balaban J connectivity index is 3.57. The summed E-state index contributed by atoms with van der Waals surface area (Å²) in [5.74, 6) is -0.754. The van der Waals surface area contributed by atoms with E-state index in [2.05, 4.69) is 0 Å². The fourth-order valence-electron chi connectivity index (χ4n) is 1.37. The molecule has 0 aliphatic carbocycles. The Morgan fingerprint density at radius 1 is 1.24 bits per heavy atom. The molecule has 0 aromatic carbocycles. The van der Waals surface area contributed by atoms with E-state index in [4.69, 9.17) is 9.94 Å². The zero-order valence-electron chi connectivity index (χ0n) is 10.9. The number of carboxylic acids is 1. The molecule has 1 amide bonds. The van der Waals surface area contributed by atoms with Crippen LogP contribution in [0.1, 0.15) is 52.9 Å². The van der Waals surface area contributed by atoms with Crippen molar-refractivity contribution in [3.63, 3.8) is 0 Å². The van der Waals surface area contributed by atoms with Crippen LogP contribution in [-0.2, 0) is 14.4 Å². The second-order valence-corrected chi connectivity index (χ2v) is 5.01. The van der Waals surface area contributed by atoms with E-state index in [9.17, 15) is 9.59 Å². The monoisotopic (exact) mass is 245 g/mol. The van der Waals surface area contributed by atoms with Crippen LogP contribution in [-0.4, -0.2) is 34.7 Å². The number of carbonyl (C=O) groups is 2. The minimum atomic E-state index is -0.754. The van der Waals surface area contributed by atoms with E-state index >= 15 is 0 Å². The van der Waals surface area contributed by atoms with E-state index in [0.29, 0.717) is 19.4 Å². The van der Waals surface area contributed by atoms with Crippen molar-refractivity contribution in [2.75, 3.05) is 6.54 Å². The second-order valence-electron chi connectivity index (χ2n) is 5.01. The number of rotatable bonds is 9. The average molecular weight is 245 g/mol. The van der Waals surface area contributed by atoms with E-state index in [1.54, 1.807) is 0 Å². The molecule has 0 aromatic rings. The van der Waals surface area contributed by atoms with Gasteiger partial charge < -0.3 is 5.11 Å². The van der Waals surface area contributed by atoms with Crippen LogP contribution in [0.5, 0.6) is 0 Å². The molecule has 0 saturated heterocycles. The smallest absolute Gasteiger partial charge is 0.303 e. The molecule has 0 unspecified atom stereocenters. The highest BCUT2D eigenvalue weighted by Gasteiger charge is 2.15. The first kappa shape index (κ1) is 15.9. The van der Waals surface area contributed by atoms with E-state index < -0.39 is 5.97 Å². The molecule has 0 spiro atoms. The van der Waals surface area contributed by atoms with Crippen LogP contribution >= 0.6 is 0 Å². The number of carbonyl (C=O) groups excluding carboxylic acids is 1. The van der Waals surface area contributed by atoms with Gasteiger partial charge >= 0.3 is 5.97 Å². The summed E-state index contributed by atoms with van der Waals surface area (Å²) in [6, 6.07) is 0. The molecule has 0 bridgehead atoms. The highest BCUT2D eigenvalue weighted by molar-refractivity contribution is 5.66. The van der Waals surface area contributed by atoms with Crippen molar-refractivity contribution < 1.29 is 19.5 Å². The van der Waals surface area contributed by atoms with Gasteiger partial charge in [0.15, 0.2) is 0 Å². The van der Waals surface area contributed by atoms with Gasteiger partial charge in [0.2, 0.25) is 6.41 Å². The van der Waals surface area contributed by atoms with Crippen LogP contribution in [0.4, 0.5) is 0 Å². The van der Waals surface area contributed by atoms with Crippen molar-refractivity contribution in [1.29, 1.82) is 0 Å². The van der Waals surface area contributed by atoms with Gasteiger partial charge in [0.05, 0.1) is 5.60 Å². The Kier molecular flexibility index (Phi) is 7.54. The van der Waals surface area contributed by atoms with Gasteiger partial charge in [-0.1, -0.05) is 12.8 Å². The fraction of sp³-hybridized carbons (Fsp3) is 0.833. The molecular formula is C12H23NO4. The van der Waals surface area contributed by atoms with Crippen molar-refractivity contribution in [3.05, 3.63) is 0 Å². The fourth-order valence-corrected chi connectivity index (χ4v) is 1.37. The Hall–Kier alpha value is -1.10. The summed E-state index contributed by atoms with van der Waals surface area (Å²) in [4.78, 5) is 26.4. The summed E-state index contributed by atoms with van der Waals surface area (Å²) in [5, 5.41) is 9.75. The molecule has 0 rings (SSSR count). The Morgan fingerprint density at radius 2 is 1.82 bits per heavy atom. The molecule has 0 radical (unpaired) electrons. The third kappa shape index (κ3) is 11.2. The van der Waals surface area contributed by atoms with Crippen LogP contribution in [0.25, 0.3) is 0 Å². The lowest BCUT2D eigenvalue weighted by Crippen LogP contribution is -2.33. The zero-order chi connectivity index (χ0) is 13.3. The molecule has 0 aromatic heterocycles. The van der Waals surface area contributed by atoms with Gasteiger partial charge in [0.25, 0.3) is 0 Å². The van der Waals surface area contributed by atoms with Gasteiger partial charge in [-0.2, -0.15) is 0 Å². The molecule has 0 aliphatic heterocycles. The first-order valence-corrected chi connectivity index (χ1v) is 5.98. The standard InChI is InChI=1S/C12H23NO4/c1-12(2,3)17-13(10-14)9-7-5-4-6-8-11(15)16/h10H,4-9H2,1-3H3,(H,15,16). The number of nitrogens with zero attached hydrogens (tertiary/aromatic N) is 1. The maximum Gasteiger partial charge on any atom is 0.303 e. The predicted octanol–water partition coefficient (Wildman–Crippen LogP) is 2.21. The lowest BCUT2D eigenvalue weighted by molar-refractivity contribution is -0.216. The number of aliphatic carboxylic acids is 1. The molecule has 5 heteroatoms. The van der Waals surface area contributed by atoms with Gasteiger partial charge in [-0.3, -0.25) is 14.4 Å². The topological polar surface area (TPSA) is 66.8 Å². The number of carboxylic acid groups (broad SMARTS) is 1. The highest BCUT2D eigenvalue weighted by Crippen LogP contribution is 2.10. The van der Waals surface area contributed by atoms with Gasteiger partial charge in [-0.05, 0) is 33.6 Å². The second kappa shape index (κ2) is 8.06. The summed E-state index contributed by atoms with van der Waals surface area (Å²) >= 11 is 0. The molecular weight excluding hydrogens is 222 g/mol. The Labute approximate surface area is 103 Å². The van der Waals surface area contributed by atoms with Crippen LogP contribution < -0.4 is 0 Å². The SMILES string of the molecule is CC(C)(C)ON(C=O)CCCCCCC(=O)O. The molecule has 0 aliphatic rings. The maximum atomic E-state index is 10.7. The van der Waals surface area contributed by atoms with Crippen LogP contribution in [0.2, 0.25) is 0 Å². The van der Waals surface area contributed by atoms with Crippen molar-refractivity contribution in [2.45, 2.75) is 58.5 Å². The Bertz CT molecular complexity index is 235. The normalized spacial score (nSPS) is 11.2. The summed E-state index contributed by atoms with van der Waals surface area (Å²) < 4.78 is 0. The zero-order valence-corrected chi connectivity index (χ0v) is 10.9. The average Bonchev–Trinajstić information content (AvgIpc) is 2.19. The first-order chi connectivity index (χ1) is 7.85. The van der Waals surface area contributed by atoms with Crippen LogP contribution in [0.3, 0.4) is 0 Å². The van der Waals surface area contributed by atoms with E-state index in [-0.39, 0.29) is 12.0 Å². The number of unbranched alkanes of at least 4 members (excludes halogenated alkanes) is 3. The maximum absolute atomic E-state index is 10.7. The van der Waals surface area contributed by atoms with Gasteiger partial charge in [-0.15, -0.1) is 0 Å². The molecule has 100 valence electrons. The highest BCUT2D eigenvalue weighted by atomic mass is 16.7. The van der Waals surface area contributed by atoms with Crippen molar-refractivity contribution in [1.82, 2.24) is 5.06 Å². The van der Waals surface area contributed by atoms with Gasteiger partial charge in [-0.25, -0.2) is 5.06 Å². The largest absolute Gasteiger partial charge is 0.481 e. The molecule has 0 heterocycles. The summed E-state index contributed by atoms with van der Waals surface area (Å²) in [6.07, 6.45) is 4.20. The lowest BCUT2D eigenvalue weighted by Gasteiger charge is -2.26. The van der Waals surface area contributed by atoms with Gasteiger partial charge in [0.1, 0.15) is 0 Å². The third-order valence-corrected chi connectivity index (χ3v) is 2.03. The first-order valence-electron chi connectivity index (χ1n) is 5.98. The Morgan fingerprint density at radius 3 is 2.29 bits per heavy atom.